The van der Waals surface area contributed by atoms with Gasteiger partial charge in [-0.05, 0) is 47.8 Å². The number of thioether (sulfide) groups is 1. The molecule has 0 spiro atoms. The van der Waals surface area contributed by atoms with Crippen LogP contribution < -0.4 is 21.7 Å². The third-order valence-electron chi connectivity index (χ3n) is 6.70. The number of aromatic amines is 1. The fraction of sp³-hybridized carbons (Fsp3) is 0.345. The Labute approximate surface area is 251 Å². The Morgan fingerprint density at radius 2 is 1.49 bits per heavy atom. The molecule has 14 heteroatoms. The van der Waals surface area contributed by atoms with E-state index < -0.39 is 60.2 Å². The topological polar surface area (TPSA) is 224 Å². The fourth-order valence-corrected chi connectivity index (χ4v) is 4.88. The number of nitrogens with two attached hydrogens (primary N) is 1. The molecule has 4 unspecified atom stereocenters. The summed E-state index contributed by atoms with van der Waals surface area (Å²) in [6.07, 6.45) is 2.95. The molecule has 0 saturated carbocycles. The SMILES string of the molecule is CSCCC(NC(=O)C(N)CC(=O)O)C(=O)NC(Cc1c[nH]c2ccccc12)C(=O)NC(Cc1ccc(O)cc1)C(=O)O. The first-order valence-electron chi connectivity index (χ1n) is 13.4. The van der Waals surface area contributed by atoms with Crippen molar-refractivity contribution in [2.75, 3.05) is 12.0 Å². The van der Waals surface area contributed by atoms with Gasteiger partial charge in [0.1, 0.15) is 23.9 Å². The number of para-hydroxylation sites is 1. The number of carbonyl (C=O) groups is 5. The number of benzene rings is 2. The van der Waals surface area contributed by atoms with E-state index in [-0.39, 0.29) is 25.0 Å². The van der Waals surface area contributed by atoms with Crippen molar-refractivity contribution in [1.82, 2.24) is 20.9 Å². The van der Waals surface area contributed by atoms with E-state index in [2.05, 4.69) is 20.9 Å². The quantitative estimate of drug-likeness (QED) is 0.113. The lowest BCUT2D eigenvalue weighted by Gasteiger charge is -2.25. The molecule has 2 aromatic carbocycles. The molecule has 3 rings (SSSR count). The summed E-state index contributed by atoms with van der Waals surface area (Å²) in [5.41, 5.74) is 7.72. The summed E-state index contributed by atoms with van der Waals surface area (Å²) in [4.78, 5) is 65.7. The highest BCUT2D eigenvalue weighted by Crippen LogP contribution is 2.20. The Morgan fingerprint density at radius 1 is 0.860 bits per heavy atom. The number of phenols is 1. The first-order valence-corrected chi connectivity index (χ1v) is 14.8. The van der Waals surface area contributed by atoms with Crippen LogP contribution in [0.1, 0.15) is 24.0 Å². The minimum Gasteiger partial charge on any atom is -0.508 e. The highest BCUT2D eigenvalue weighted by molar-refractivity contribution is 7.98. The first kappa shape index (κ1) is 32.9. The number of hydrogen-bond acceptors (Lipinski definition) is 8. The maximum Gasteiger partial charge on any atom is 0.326 e. The molecule has 3 aromatic rings. The Morgan fingerprint density at radius 3 is 2.14 bits per heavy atom. The first-order chi connectivity index (χ1) is 20.5. The van der Waals surface area contributed by atoms with Crippen LogP contribution in [0.15, 0.2) is 54.7 Å². The Balaban J connectivity index is 1.85. The van der Waals surface area contributed by atoms with Crippen molar-refractivity contribution in [2.24, 2.45) is 5.73 Å². The summed E-state index contributed by atoms with van der Waals surface area (Å²) >= 11 is 1.42. The summed E-state index contributed by atoms with van der Waals surface area (Å²) in [5, 5.41) is 36.8. The number of phenolic OH excluding ortho intramolecular Hbond substituents is 1. The normalized spacial score (nSPS) is 13.8. The van der Waals surface area contributed by atoms with Gasteiger partial charge in [0.25, 0.3) is 0 Å². The predicted octanol–water partition coefficient (Wildman–Crippen LogP) is 0.753. The van der Waals surface area contributed by atoms with Crippen molar-refractivity contribution in [3.63, 3.8) is 0 Å². The number of aliphatic carboxylic acids is 2. The van der Waals surface area contributed by atoms with Crippen LogP contribution in [0.2, 0.25) is 0 Å². The van der Waals surface area contributed by atoms with Crippen LogP contribution in [0.25, 0.3) is 10.9 Å². The van der Waals surface area contributed by atoms with Gasteiger partial charge in [0.05, 0.1) is 12.5 Å². The number of aromatic nitrogens is 1. The van der Waals surface area contributed by atoms with Gasteiger partial charge in [-0.1, -0.05) is 30.3 Å². The molecule has 0 aliphatic carbocycles. The van der Waals surface area contributed by atoms with Crippen LogP contribution in [-0.2, 0) is 36.8 Å². The average Bonchev–Trinajstić information content (AvgIpc) is 3.37. The number of carboxylic acids is 2. The van der Waals surface area contributed by atoms with Crippen LogP contribution in [-0.4, -0.2) is 86.1 Å². The third-order valence-corrected chi connectivity index (χ3v) is 7.34. The van der Waals surface area contributed by atoms with E-state index in [1.807, 2.05) is 24.3 Å². The predicted molar refractivity (Wildman–Crippen MR) is 160 cm³/mol. The van der Waals surface area contributed by atoms with Gasteiger partial charge in [0.15, 0.2) is 0 Å². The lowest BCUT2D eigenvalue weighted by atomic mass is 10.0. The molecule has 0 aliphatic rings. The zero-order chi connectivity index (χ0) is 31.5. The summed E-state index contributed by atoms with van der Waals surface area (Å²) in [7, 11) is 0. The van der Waals surface area contributed by atoms with Gasteiger partial charge < -0.3 is 42.0 Å². The second kappa shape index (κ2) is 15.6. The molecule has 3 amide bonds. The van der Waals surface area contributed by atoms with E-state index in [0.717, 1.165) is 10.9 Å². The minimum atomic E-state index is -1.39. The smallest absolute Gasteiger partial charge is 0.326 e. The van der Waals surface area contributed by atoms with Crippen LogP contribution in [0, 0.1) is 0 Å². The van der Waals surface area contributed by atoms with Crippen molar-refractivity contribution in [3.05, 3.63) is 65.9 Å². The average molecular weight is 614 g/mol. The van der Waals surface area contributed by atoms with Crippen LogP contribution in [0.5, 0.6) is 5.75 Å². The Bertz CT molecular complexity index is 1440. The van der Waals surface area contributed by atoms with E-state index in [9.17, 15) is 34.2 Å². The van der Waals surface area contributed by atoms with Gasteiger partial charge in [-0.15, -0.1) is 0 Å². The number of carbonyl (C=O) groups excluding carboxylic acids is 3. The highest BCUT2D eigenvalue weighted by Gasteiger charge is 2.31. The molecule has 43 heavy (non-hydrogen) atoms. The maximum absolute atomic E-state index is 13.6. The minimum absolute atomic E-state index is 0.00510. The molecular weight excluding hydrogens is 578 g/mol. The molecule has 4 atom stereocenters. The molecular formula is C29H35N5O8S. The molecule has 1 heterocycles. The van der Waals surface area contributed by atoms with E-state index in [1.54, 1.807) is 12.5 Å². The molecule has 230 valence electrons. The van der Waals surface area contributed by atoms with Gasteiger partial charge in [-0.25, -0.2) is 4.79 Å². The number of hydrogen-bond donors (Lipinski definition) is 8. The largest absolute Gasteiger partial charge is 0.508 e. The number of carboxylic acid groups (broad SMARTS) is 2. The van der Waals surface area contributed by atoms with Crippen molar-refractivity contribution >= 4 is 52.3 Å². The number of H-pyrrole nitrogens is 1. The van der Waals surface area contributed by atoms with Gasteiger partial charge in [-0.2, -0.15) is 11.8 Å². The molecule has 0 fully saturated rings. The van der Waals surface area contributed by atoms with Crippen LogP contribution >= 0.6 is 11.8 Å². The van der Waals surface area contributed by atoms with Crippen molar-refractivity contribution in [3.8, 4) is 5.75 Å². The number of nitrogens with one attached hydrogen (secondary N) is 4. The van der Waals surface area contributed by atoms with Crippen molar-refractivity contribution in [1.29, 1.82) is 0 Å². The molecule has 0 saturated heterocycles. The highest BCUT2D eigenvalue weighted by atomic mass is 32.2. The number of aromatic hydroxyl groups is 1. The van der Waals surface area contributed by atoms with Crippen LogP contribution in [0.4, 0.5) is 0 Å². The zero-order valence-electron chi connectivity index (χ0n) is 23.4. The molecule has 13 nitrogen and oxygen atoms in total. The number of amides is 3. The summed E-state index contributed by atoms with van der Waals surface area (Å²) in [6, 6.07) is 8.12. The van der Waals surface area contributed by atoms with E-state index >= 15 is 0 Å². The van der Waals surface area contributed by atoms with E-state index in [0.29, 0.717) is 16.9 Å². The lowest BCUT2D eigenvalue weighted by molar-refractivity contribution is -0.142. The van der Waals surface area contributed by atoms with E-state index in [1.165, 1.54) is 36.0 Å². The number of rotatable bonds is 16. The zero-order valence-corrected chi connectivity index (χ0v) is 24.2. The van der Waals surface area contributed by atoms with E-state index in [4.69, 9.17) is 10.8 Å². The fourth-order valence-electron chi connectivity index (χ4n) is 4.41. The summed E-state index contributed by atoms with van der Waals surface area (Å²) in [6.45, 7) is 0. The second-order valence-electron chi connectivity index (χ2n) is 9.94. The molecule has 0 aliphatic heterocycles. The molecule has 0 radical (unpaired) electrons. The Hall–Kier alpha value is -4.56. The lowest BCUT2D eigenvalue weighted by Crippen LogP contribution is -2.58. The van der Waals surface area contributed by atoms with Crippen molar-refractivity contribution in [2.45, 2.75) is 49.9 Å². The van der Waals surface area contributed by atoms with Gasteiger partial charge in [-0.3, -0.25) is 19.2 Å². The number of fused-ring (bicyclic) bond motifs is 1. The standard InChI is InChI=1S/C29H35N5O8S/c1-43-11-10-22(32-26(38)20(30)14-25(36)37)27(39)33-23(13-17-15-31-21-5-3-2-4-19(17)21)28(40)34-24(29(41)42)12-16-6-8-18(35)9-7-16/h2-9,15,20,22-24,31,35H,10-14,30H2,1H3,(H,32,38)(H,33,39)(H,34,40)(H,36,37)(H,41,42). The molecule has 1 aromatic heterocycles. The second-order valence-corrected chi connectivity index (χ2v) is 10.9. The van der Waals surface area contributed by atoms with Crippen LogP contribution in [0.3, 0.4) is 0 Å². The monoisotopic (exact) mass is 613 g/mol. The van der Waals surface area contributed by atoms with Gasteiger partial charge in [0, 0.05) is 29.9 Å². The van der Waals surface area contributed by atoms with Crippen molar-refractivity contribution < 1.29 is 39.3 Å². The maximum atomic E-state index is 13.6. The van der Waals surface area contributed by atoms with Gasteiger partial charge in [0.2, 0.25) is 17.7 Å². The van der Waals surface area contributed by atoms with Gasteiger partial charge >= 0.3 is 11.9 Å². The molecule has 9 N–H and O–H groups in total. The Kier molecular flexibility index (Phi) is 12.0. The summed E-state index contributed by atoms with van der Waals surface area (Å²) < 4.78 is 0. The molecule has 0 bridgehead atoms. The third kappa shape index (κ3) is 9.75. The summed E-state index contributed by atoms with van der Waals surface area (Å²) in [5.74, 6) is -4.41.